The van der Waals surface area contributed by atoms with Crippen molar-refractivity contribution in [2.45, 2.75) is 33.7 Å². The maximum Gasteiger partial charge on any atom is 0.247 e. The van der Waals surface area contributed by atoms with Gasteiger partial charge in [0.15, 0.2) is 5.65 Å². The molecular weight excluding hydrogens is 390 g/mol. The minimum atomic E-state index is -0.134. The lowest BCUT2D eigenvalue weighted by atomic mass is 10.0. The van der Waals surface area contributed by atoms with Gasteiger partial charge in [0.1, 0.15) is 12.1 Å². The molecule has 8 heteroatoms. The maximum absolute atomic E-state index is 11.6. The summed E-state index contributed by atoms with van der Waals surface area (Å²) < 4.78 is 3.99. The van der Waals surface area contributed by atoms with Crippen LogP contribution in [0.4, 0.5) is 5.82 Å². The molecule has 0 saturated heterocycles. The summed E-state index contributed by atoms with van der Waals surface area (Å²) in [6, 6.07) is 11.4. The molecule has 31 heavy (non-hydrogen) atoms. The largest absolute Gasteiger partial charge is 0.383 e. The molecule has 0 spiro atoms. The Labute approximate surface area is 179 Å². The van der Waals surface area contributed by atoms with Gasteiger partial charge in [-0.2, -0.15) is 5.10 Å². The third kappa shape index (κ3) is 3.35. The zero-order valence-corrected chi connectivity index (χ0v) is 18.0. The number of H-pyrrole nitrogens is 1. The Kier molecular flexibility index (Phi) is 5.29. The number of nitrogens with zero attached hydrogens (tertiary/aromatic N) is 5. The standard InChI is InChI=1S/C21H19N7O.C2H6/c1-12-18-20(22)24-11-25-21(18)28(26-12)13(2)16-9-15-5-3-4-8-27(15)19(16)14-6-7-17(29)23-10-14;1-2/h3-11,13H,1-2H3,(H,23,29)(H2,22,24,25);1-2H3. The summed E-state index contributed by atoms with van der Waals surface area (Å²) in [5.74, 6) is 0.425. The summed E-state index contributed by atoms with van der Waals surface area (Å²) in [7, 11) is 0. The number of aromatic amines is 1. The third-order valence-electron chi connectivity index (χ3n) is 5.28. The van der Waals surface area contributed by atoms with Crippen LogP contribution in [-0.2, 0) is 0 Å². The number of rotatable bonds is 3. The highest BCUT2D eigenvalue weighted by Crippen LogP contribution is 2.34. The number of hydrogen-bond acceptors (Lipinski definition) is 5. The summed E-state index contributed by atoms with van der Waals surface area (Å²) in [4.78, 5) is 22.9. The van der Waals surface area contributed by atoms with Gasteiger partial charge in [-0.25, -0.2) is 14.6 Å². The van der Waals surface area contributed by atoms with Gasteiger partial charge in [-0.05, 0) is 38.1 Å². The van der Waals surface area contributed by atoms with Crippen molar-refractivity contribution in [2.24, 2.45) is 0 Å². The van der Waals surface area contributed by atoms with Crippen LogP contribution in [0.2, 0.25) is 0 Å². The topological polar surface area (TPSA) is 107 Å². The number of nitrogens with two attached hydrogens (primary N) is 1. The molecule has 0 aliphatic carbocycles. The fraction of sp³-hybridized carbons (Fsp3) is 0.217. The molecule has 0 saturated carbocycles. The number of anilines is 1. The Morgan fingerprint density at radius 3 is 2.68 bits per heavy atom. The van der Waals surface area contributed by atoms with Crippen molar-refractivity contribution in [1.29, 1.82) is 0 Å². The lowest BCUT2D eigenvalue weighted by molar-refractivity contribution is 0.576. The number of fused-ring (bicyclic) bond motifs is 2. The summed E-state index contributed by atoms with van der Waals surface area (Å²) in [5, 5.41) is 5.49. The van der Waals surface area contributed by atoms with E-state index in [4.69, 9.17) is 10.8 Å². The zero-order valence-electron chi connectivity index (χ0n) is 18.0. The molecule has 8 nitrogen and oxygen atoms in total. The van der Waals surface area contributed by atoms with Gasteiger partial charge in [-0.15, -0.1) is 0 Å². The van der Waals surface area contributed by atoms with Crippen molar-refractivity contribution in [2.75, 3.05) is 5.73 Å². The monoisotopic (exact) mass is 415 g/mol. The van der Waals surface area contributed by atoms with Crippen LogP contribution in [0.25, 0.3) is 27.8 Å². The number of aromatic nitrogens is 6. The molecule has 0 fully saturated rings. The van der Waals surface area contributed by atoms with Gasteiger partial charge in [0.25, 0.3) is 0 Å². The Bertz CT molecular complexity index is 1410. The molecule has 0 radical (unpaired) electrons. The Balaban J connectivity index is 0.00000112. The maximum atomic E-state index is 11.6. The minimum Gasteiger partial charge on any atom is -0.383 e. The first-order valence-electron chi connectivity index (χ1n) is 10.3. The predicted molar refractivity (Wildman–Crippen MR) is 123 cm³/mol. The molecule has 5 aromatic rings. The van der Waals surface area contributed by atoms with E-state index in [0.717, 1.165) is 33.4 Å². The molecule has 3 N–H and O–H groups in total. The first-order valence-corrected chi connectivity index (χ1v) is 10.3. The van der Waals surface area contributed by atoms with Gasteiger partial charge in [-0.3, -0.25) is 4.79 Å². The van der Waals surface area contributed by atoms with Gasteiger partial charge in [-0.1, -0.05) is 19.9 Å². The Hall–Kier alpha value is -3.94. The van der Waals surface area contributed by atoms with Gasteiger partial charge in [0, 0.05) is 35.1 Å². The molecule has 5 heterocycles. The van der Waals surface area contributed by atoms with Crippen molar-refractivity contribution in [1.82, 2.24) is 29.1 Å². The average Bonchev–Trinajstić information content (AvgIpc) is 3.34. The van der Waals surface area contributed by atoms with Crippen LogP contribution in [0, 0.1) is 6.92 Å². The highest BCUT2D eigenvalue weighted by Gasteiger charge is 2.23. The van der Waals surface area contributed by atoms with E-state index in [0.29, 0.717) is 11.5 Å². The third-order valence-corrected chi connectivity index (χ3v) is 5.28. The van der Waals surface area contributed by atoms with Gasteiger partial charge in [0.05, 0.1) is 22.8 Å². The number of aryl methyl sites for hydroxylation is 1. The second-order valence-corrected chi connectivity index (χ2v) is 7.05. The molecule has 0 amide bonds. The molecule has 1 unspecified atom stereocenters. The van der Waals surface area contributed by atoms with E-state index >= 15 is 0 Å². The van der Waals surface area contributed by atoms with Crippen LogP contribution < -0.4 is 11.3 Å². The van der Waals surface area contributed by atoms with Crippen LogP contribution >= 0.6 is 0 Å². The number of hydrogen-bond donors (Lipinski definition) is 2. The molecule has 0 aliphatic heterocycles. The normalized spacial score (nSPS) is 12.0. The lowest BCUT2D eigenvalue weighted by Crippen LogP contribution is -2.11. The van der Waals surface area contributed by atoms with Crippen LogP contribution in [0.15, 0.2) is 59.9 Å². The summed E-state index contributed by atoms with van der Waals surface area (Å²) in [5.41, 5.74) is 11.4. The first-order chi connectivity index (χ1) is 15.0. The SMILES string of the molecule is CC.Cc1nn(C(C)c2cc3ccccn3c2-c2ccc(=O)[nH]c2)c2ncnc(N)c12. The van der Waals surface area contributed by atoms with E-state index in [1.54, 1.807) is 6.20 Å². The molecule has 0 aliphatic rings. The van der Waals surface area contributed by atoms with E-state index in [1.807, 2.05) is 49.8 Å². The molecular formula is C23H25N7O. The van der Waals surface area contributed by atoms with E-state index in [9.17, 15) is 4.79 Å². The quantitative estimate of drug-likeness (QED) is 0.464. The van der Waals surface area contributed by atoms with Crippen LogP contribution in [0.5, 0.6) is 0 Å². The zero-order chi connectivity index (χ0) is 22.1. The van der Waals surface area contributed by atoms with Crippen molar-refractivity contribution in [3.8, 4) is 11.3 Å². The number of nitrogens with one attached hydrogen (secondary N) is 1. The number of nitrogen functional groups attached to an aromatic ring is 1. The second kappa shape index (κ2) is 8.06. The molecule has 5 aromatic heterocycles. The number of pyridine rings is 2. The van der Waals surface area contributed by atoms with Crippen LogP contribution in [0.3, 0.4) is 0 Å². The highest BCUT2D eigenvalue weighted by molar-refractivity contribution is 5.88. The van der Waals surface area contributed by atoms with Gasteiger partial charge < -0.3 is 15.1 Å². The first kappa shape index (κ1) is 20.3. The molecule has 158 valence electrons. The van der Waals surface area contributed by atoms with Crippen LogP contribution in [0.1, 0.15) is 38.1 Å². The van der Waals surface area contributed by atoms with Gasteiger partial charge >= 0.3 is 0 Å². The Morgan fingerprint density at radius 1 is 1.13 bits per heavy atom. The summed E-state index contributed by atoms with van der Waals surface area (Å²) in [6.07, 6.45) is 5.21. The fourth-order valence-electron chi connectivity index (χ4n) is 3.90. The van der Waals surface area contributed by atoms with E-state index in [1.165, 1.54) is 12.4 Å². The van der Waals surface area contributed by atoms with E-state index in [-0.39, 0.29) is 11.6 Å². The van der Waals surface area contributed by atoms with Gasteiger partial charge in [0.2, 0.25) is 5.56 Å². The van der Waals surface area contributed by atoms with Crippen molar-refractivity contribution in [3.63, 3.8) is 0 Å². The van der Waals surface area contributed by atoms with Crippen molar-refractivity contribution >= 4 is 22.4 Å². The summed E-state index contributed by atoms with van der Waals surface area (Å²) in [6.45, 7) is 7.98. The second-order valence-electron chi connectivity index (χ2n) is 7.05. The molecule has 0 aromatic carbocycles. The van der Waals surface area contributed by atoms with Crippen LogP contribution in [-0.4, -0.2) is 29.1 Å². The Morgan fingerprint density at radius 2 is 1.94 bits per heavy atom. The smallest absolute Gasteiger partial charge is 0.247 e. The van der Waals surface area contributed by atoms with Crippen molar-refractivity contribution < 1.29 is 0 Å². The predicted octanol–water partition coefficient (Wildman–Crippen LogP) is 3.96. The molecule has 1 atom stereocenters. The van der Waals surface area contributed by atoms with Crippen molar-refractivity contribution in [3.05, 3.63) is 76.7 Å². The van der Waals surface area contributed by atoms with E-state index < -0.39 is 0 Å². The average molecular weight is 416 g/mol. The lowest BCUT2D eigenvalue weighted by Gasteiger charge is -2.15. The fourth-order valence-corrected chi connectivity index (χ4v) is 3.90. The van der Waals surface area contributed by atoms with E-state index in [2.05, 4.69) is 38.4 Å². The minimum absolute atomic E-state index is 0.123. The summed E-state index contributed by atoms with van der Waals surface area (Å²) >= 11 is 0. The molecule has 0 bridgehead atoms. The highest BCUT2D eigenvalue weighted by atomic mass is 16.1. The molecule has 5 rings (SSSR count).